The van der Waals surface area contributed by atoms with Gasteiger partial charge in [-0.15, -0.1) is 0 Å². The van der Waals surface area contributed by atoms with Crippen LogP contribution in [0.3, 0.4) is 0 Å². The molecule has 0 fully saturated rings. The minimum atomic E-state index is 0.534. The first-order chi connectivity index (χ1) is 8.04. The minimum absolute atomic E-state index is 0.534. The van der Waals surface area contributed by atoms with Gasteiger partial charge in [-0.3, -0.25) is 4.98 Å². The number of hydrogen-bond donors (Lipinski definition) is 1. The molecule has 4 heteroatoms. The molecule has 1 aromatic heterocycles. The van der Waals surface area contributed by atoms with E-state index >= 15 is 0 Å². The monoisotopic (exact) mass is 248 g/mol. The Morgan fingerprint density at radius 1 is 1.12 bits per heavy atom. The highest BCUT2D eigenvalue weighted by atomic mass is 35.5. The van der Waals surface area contributed by atoms with E-state index in [2.05, 4.69) is 4.98 Å². The first-order valence-corrected chi connectivity index (χ1v) is 5.60. The molecule has 0 radical (unpaired) electrons. The zero-order valence-electron chi connectivity index (χ0n) is 9.70. The number of nitrogens with two attached hydrogens (primary N) is 1. The van der Waals surface area contributed by atoms with Crippen molar-refractivity contribution in [2.75, 3.05) is 5.73 Å². The molecule has 0 aliphatic rings. The average Bonchev–Trinajstić information content (AvgIpc) is 2.22. The Bertz CT molecular complexity index is 535. The van der Waals surface area contributed by atoms with Gasteiger partial charge in [-0.1, -0.05) is 11.6 Å². The molecule has 0 unspecified atom stereocenters. The number of anilines is 1. The molecule has 2 N–H and O–H groups in total. The molecular formula is C13H13ClN2O. The Morgan fingerprint density at radius 3 is 2.41 bits per heavy atom. The van der Waals surface area contributed by atoms with Gasteiger partial charge >= 0.3 is 0 Å². The van der Waals surface area contributed by atoms with Crippen LogP contribution in [-0.2, 0) is 0 Å². The number of ether oxygens (including phenoxy) is 1. The van der Waals surface area contributed by atoms with Gasteiger partial charge in [0.2, 0.25) is 0 Å². The van der Waals surface area contributed by atoms with Crippen LogP contribution in [0.2, 0.25) is 5.02 Å². The van der Waals surface area contributed by atoms with E-state index in [0.717, 1.165) is 11.4 Å². The number of pyridine rings is 1. The third-order valence-electron chi connectivity index (χ3n) is 2.24. The summed E-state index contributed by atoms with van der Waals surface area (Å²) in [6, 6.07) is 8.86. The molecule has 3 nitrogen and oxygen atoms in total. The molecule has 0 saturated heterocycles. The minimum Gasteiger partial charge on any atom is -0.456 e. The largest absolute Gasteiger partial charge is 0.456 e. The molecule has 0 atom stereocenters. The fraction of sp³-hybridized carbons (Fsp3) is 0.154. The van der Waals surface area contributed by atoms with Crippen molar-refractivity contribution in [3.05, 3.63) is 46.7 Å². The van der Waals surface area contributed by atoms with Crippen LogP contribution in [0.1, 0.15) is 11.4 Å². The molecule has 1 aromatic carbocycles. The van der Waals surface area contributed by atoms with Gasteiger partial charge in [-0.2, -0.15) is 0 Å². The van der Waals surface area contributed by atoms with Crippen molar-refractivity contribution in [2.24, 2.45) is 0 Å². The number of aromatic nitrogens is 1. The molecule has 0 aliphatic carbocycles. The van der Waals surface area contributed by atoms with Crippen molar-refractivity contribution in [1.82, 2.24) is 4.98 Å². The predicted molar refractivity (Wildman–Crippen MR) is 69.6 cm³/mol. The lowest BCUT2D eigenvalue weighted by atomic mass is 10.3. The van der Waals surface area contributed by atoms with E-state index in [1.165, 1.54) is 0 Å². The summed E-state index contributed by atoms with van der Waals surface area (Å²) < 4.78 is 5.70. The number of nitrogen functional groups attached to an aromatic ring is 1. The van der Waals surface area contributed by atoms with E-state index in [4.69, 9.17) is 22.1 Å². The summed E-state index contributed by atoms with van der Waals surface area (Å²) in [4.78, 5) is 4.28. The lowest BCUT2D eigenvalue weighted by molar-refractivity contribution is 0.481. The third-order valence-corrected chi connectivity index (χ3v) is 2.55. The van der Waals surface area contributed by atoms with Gasteiger partial charge in [0, 0.05) is 35.3 Å². The topological polar surface area (TPSA) is 48.1 Å². The second-order valence-corrected chi connectivity index (χ2v) is 4.28. The van der Waals surface area contributed by atoms with E-state index in [1.807, 2.05) is 26.0 Å². The van der Waals surface area contributed by atoms with E-state index in [0.29, 0.717) is 22.2 Å². The highest BCUT2D eigenvalue weighted by molar-refractivity contribution is 6.32. The lowest BCUT2D eigenvalue weighted by Crippen LogP contribution is -1.92. The van der Waals surface area contributed by atoms with Crippen LogP contribution in [0, 0.1) is 13.8 Å². The van der Waals surface area contributed by atoms with Crippen LogP contribution in [0.25, 0.3) is 0 Å². The third kappa shape index (κ3) is 2.88. The summed E-state index contributed by atoms with van der Waals surface area (Å²) in [5.74, 6) is 1.26. The number of nitrogens with zero attached hydrogens (tertiary/aromatic N) is 1. The van der Waals surface area contributed by atoms with E-state index in [-0.39, 0.29) is 0 Å². The maximum Gasteiger partial charge on any atom is 0.148 e. The number of halogens is 1. The second-order valence-electron chi connectivity index (χ2n) is 3.88. The Morgan fingerprint density at radius 2 is 1.76 bits per heavy atom. The predicted octanol–water partition coefficient (Wildman–Crippen LogP) is 3.73. The molecular weight excluding hydrogens is 236 g/mol. The summed E-state index contributed by atoms with van der Waals surface area (Å²) >= 11 is 6.03. The molecule has 0 spiro atoms. The number of hydrogen-bond acceptors (Lipinski definition) is 3. The van der Waals surface area contributed by atoms with Gasteiger partial charge in [-0.05, 0) is 26.0 Å². The maximum absolute atomic E-state index is 6.03. The van der Waals surface area contributed by atoms with Crippen LogP contribution in [0.4, 0.5) is 5.69 Å². The van der Waals surface area contributed by atoms with Crippen molar-refractivity contribution >= 4 is 17.3 Å². The fourth-order valence-corrected chi connectivity index (χ4v) is 1.74. The van der Waals surface area contributed by atoms with Crippen molar-refractivity contribution in [3.63, 3.8) is 0 Å². The van der Waals surface area contributed by atoms with Gasteiger partial charge in [0.1, 0.15) is 11.5 Å². The summed E-state index contributed by atoms with van der Waals surface area (Å²) in [6.07, 6.45) is 0. The molecule has 2 rings (SSSR count). The van der Waals surface area contributed by atoms with Crippen LogP contribution in [0.5, 0.6) is 11.5 Å². The molecule has 0 amide bonds. The van der Waals surface area contributed by atoms with Crippen LogP contribution < -0.4 is 10.5 Å². The maximum atomic E-state index is 6.03. The Hall–Kier alpha value is -1.74. The summed E-state index contributed by atoms with van der Waals surface area (Å²) in [7, 11) is 0. The second kappa shape index (κ2) is 4.63. The van der Waals surface area contributed by atoms with Crippen molar-refractivity contribution < 1.29 is 4.74 Å². The van der Waals surface area contributed by atoms with Gasteiger partial charge in [0.25, 0.3) is 0 Å². The van der Waals surface area contributed by atoms with E-state index in [9.17, 15) is 0 Å². The molecule has 17 heavy (non-hydrogen) atoms. The van der Waals surface area contributed by atoms with Gasteiger partial charge in [-0.25, -0.2) is 0 Å². The zero-order valence-corrected chi connectivity index (χ0v) is 10.5. The first-order valence-electron chi connectivity index (χ1n) is 5.23. The molecule has 1 heterocycles. The van der Waals surface area contributed by atoms with E-state index < -0.39 is 0 Å². The van der Waals surface area contributed by atoms with Crippen LogP contribution >= 0.6 is 11.6 Å². The van der Waals surface area contributed by atoms with Crippen LogP contribution in [0.15, 0.2) is 30.3 Å². The first kappa shape index (κ1) is 11.7. The SMILES string of the molecule is Cc1cc(Oc2cc(N)ccc2Cl)cc(C)n1. The van der Waals surface area contributed by atoms with Crippen molar-refractivity contribution in [2.45, 2.75) is 13.8 Å². The molecule has 88 valence electrons. The van der Waals surface area contributed by atoms with Crippen molar-refractivity contribution in [1.29, 1.82) is 0 Å². The normalized spacial score (nSPS) is 10.3. The van der Waals surface area contributed by atoms with E-state index in [1.54, 1.807) is 18.2 Å². The fourth-order valence-electron chi connectivity index (χ4n) is 1.58. The van der Waals surface area contributed by atoms with Crippen LogP contribution in [-0.4, -0.2) is 4.98 Å². The Balaban J connectivity index is 2.34. The zero-order chi connectivity index (χ0) is 12.4. The van der Waals surface area contributed by atoms with Crippen molar-refractivity contribution in [3.8, 4) is 11.5 Å². The van der Waals surface area contributed by atoms with Gasteiger partial charge in [0.15, 0.2) is 0 Å². The number of rotatable bonds is 2. The molecule has 2 aromatic rings. The number of benzene rings is 1. The quantitative estimate of drug-likeness (QED) is 0.824. The smallest absolute Gasteiger partial charge is 0.148 e. The Kier molecular flexibility index (Phi) is 3.20. The molecule has 0 saturated carbocycles. The van der Waals surface area contributed by atoms with Gasteiger partial charge < -0.3 is 10.5 Å². The summed E-state index contributed by atoms with van der Waals surface area (Å²) in [6.45, 7) is 3.83. The number of aryl methyl sites for hydroxylation is 2. The highest BCUT2D eigenvalue weighted by Crippen LogP contribution is 2.31. The standard InChI is InChI=1S/C13H13ClN2O/c1-8-5-11(6-9(2)16-8)17-13-7-10(15)3-4-12(13)14/h3-7H,15H2,1-2H3. The molecule has 0 aliphatic heterocycles. The summed E-state index contributed by atoms with van der Waals surface area (Å²) in [5.41, 5.74) is 8.11. The lowest BCUT2D eigenvalue weighted by Gasteiger charge is -2.09. The molecule has 0 bridgehead atoms. The summed E-state index contributed by atoms with van der Waals surface area (Å²) in [5, 5.41) is 0.534. The highest BCUT2D eigenvalue weighted by Gasteiger charge is 2.05. The average molecular weight is 249 g/mol. The Labute approximate surface area is 105 Å². The van der Waals surface area contributed by atoms with Gasteiger partial charge in [0.05, 0.1) is 5.02 Å².